The lowest BCUT2D eigenvalue weighted by molar-refractivity contribution is -0.166. The molecule has 12 nitrogen and oxygen atoms in total. The van der Waals surface area contributed by atoms with Crippen molar-refractivity contribution in [3.8, 4) is 17.6 Å². The summed E-state index contributed by atoms with van der Waals surface area (Å²) < 4.78 is 19.9. The molecule has 0 amide bonds. The van der Waals surface area contributed by atoms with E-state index in [-0.39, 0.29) is 22.6 Å². The molecule has 6 rings (SSSR count). The molecule has 0 radical (unpaired) electrons. The monoisotopic (exact) mass is 720 g/mol. The second-order valence-corrected chi connectivity index (χ2v) is 12.7. The van der Waals surface area contributed by atoms with Crippen LogP contribution in [0.15, 0.2) is 97.1 Å². The first-order valence-electron chi connectivity index (χ1n) is 17.0. The highest BCUT2D eigenvalue weighted by molar-refractivity contribution is 6.01. The third-order valence-electron chi connectivity index (χ3n) is 9.66. The minimum absolute atomic E-state index is 0.0180. The third kappa shape index (κ3) is 8.29. The average Bonchev–Trinajstić information content (AvgIpc) is 3.18. The largest absolute Gasteiger partial charge is 0.493 e. The lowest BCUT2D eigenvalue weighted by Crippen LogP contribution is -2.50. The van der Waals surface area contributed by atoms with E-state index in [9.17, 15) is 34.7 Å². The molecule has 0 aromatic heterocycles. The van der Waals surface area contributed by atoms with Gasteiger partial charge >= 0.3 is 23.9 Å². The molecule has 2 N–H and O–H groups in total. The minimum Gasteiger partial charge on any atom is -0.493 e. The molecule has 53 heavy (non-hydrogen) atoms. The van der Waals surface area contributed by atoms with Crippen molar-refractivity contribution in [2.45, 2.75) is 49.3 Å². The van der Waals surface area contributed by atoms with E-state index in [4.69, 9.17) is 9.47 Å². The zero-order valence-corrected chi connectivity index (χ0v) is 29.6. The maximum atomic E-state index is 11.7. The summed E-state index contributed by atoms with van der Waals surface area (Å²) >= 11 is 0. The van der Waals surface area contributed by atoms with Crippen LogP contribution in [0.2, 0.25) is 0 Å². The van der Waals surface area contributed by atoms with Crippen LogP contribution in [0, 0.1) is 11.3 Å². The first kappa shape index (κ1) is 38.4. The van der Waals surface area contributed by atoms with Gasteiger partial charge in [-0.15, -0.1) is 0 Å². The fourth-order valence-electron chi connectivity index (χ4n) is 6.88. The molecule has 2 aliphatic rings. The van der Waals surface area contributed by atoms with Crippen LogP contribution in [0.4, 0.5) is 0 Å². The summed E-state index contributed by atoms with van der Waals surface area (Å²) in [5, 5.41) is 29.0. The van der Waals surface area contributed by atoms with Gasteiger partial charge in [0.05, 0.1) is 37.0 Å². The zero-order chi connectivity index (χ0) is 38.1. The summed E-state index contributed by atoms with van der Waals surface area (Å²) in [6.45, 7) is 1.00. The molecular weight excluding hydrogens is 680 g/mol. The molecule has 3 atom stereocenters. The molecule has 1 aliphatic heterocycles. The van der Waals surface area contributed by atoms with Crippen LogP contribution < -0.4 is 9.47 Å². The fourth-order valence-corrected chi connectivity index (χ4v) is 6.88. The summed E-state index contributed by atoms with van der Waals surface area (Å²) in [4.78, 5) is 49.2. The van der Waals surface area contributed by atoms with Gasteiger partial charge in [0.1, 0.15) is 0 Å². The van der Waals surface area contributed by atoms with Crippen LogP contribution in [0.1, 0.15) is 68.3 Å². The van der Waals surface area contributed by atoms with Gasteiger partial charge in [-0.05, 0) is 85.5 Å². The van der Waals surface area contributed by atoms with E-state index in [1.807, 2.05) is 12.1 Å². The normalized spacial score (nSPS) is 16.8. The molecule has 4 aromatic rings. The number of aliphatic hydroxyl groups is 2. The summed E-state index contributed by atoms with van der Waals surface area (Å²) in [5.41, 5.74) is 4.69. The number of carbonyl (C=O) groups is 4. The van der Waals surface area contributed by atoms with Gasteiger partial charge in [-0.2, -0.15) is 5.26 Å². The Labute approximate surface area is 307 Å². The van der Waals surface area contributed by atoms with Crippen LogP contribution in [0.25, 0.3) is 0 Å². The van der Waals surface area contributed by atoms with Gasteiger partial charge in [0.15, 0.2) is 23.7 Å². The van der Waals surface area contributed by atoms with Gasteiger partial charge in [-0.3, -0.25) is 4.90 Å². The Morgan fingerprint density at radius 1 is 0.774 bits per heavy atom. The highest BCUT2D eigenvalue weighted by Crippen LogP contribution is 2.57. The van der Waals surface area contributed by atoms with Crippen molar-refractivity contribution in [1.82, 2.24) is 4.90 Å². The first-order valence-corrected chi connectivity index (χ1v) is 17.0. The molecule has 1 saturated carbocycles. The number of ether oxygens (including phenoxy) is 4. The molecule has 1 fully saturated rings. The molecule has 1 heterocycles. The fraction of sp³-hybridized carbons (Fsp3) is 0.293. The Kier molecular flexibility index (Phi) is 12.4. The SMILES string of the molecule is COc1cc2c(cc1OC)C(C1(c3ccccc3C#N)CCC1)N(C)CC2.O=C(OC(=O)C(O)C(O)C(=O)OC(=O)c1ccccc1)c1ccccc1. The number of rotatable bonds is 9. The topological polar surface area (TPSA) is 173 Å². The van der Waals surface area contributed by atoms with E-state index in [1.165, 1.54) is 71.6 Å². The Morgan fingerprint density at radius 3 is 1.74 bits per heavy atom. The van der Waals surface area contributed by atoms with Gasteiger partial charge in [0, 0.05) is 18.0 Å². The lowest BCUT2D eigenvalue weighted by Gasteiger charge is -2.54. The number of esters is 4. The lowest BCUT2D eigenvalue weighted by atomic mass is 9.56. The van der Waals surface area contributed by atoms with Crippen LogP contribution in [0.5, 0.6) is 11.5 Å². The van der Waals surface area contributed by atoms with Crippen molar-refractivity contribution in [2.75, 3.05) is 27.8 Å². The van der Waals surface area contributed by atoms with E-state index in [0.29, 0.717) is 0 Å². The summed E-state index contributed by atoms with van der Waals surface area (Å²) in [7, 11) is 5.59. The average molecular weight is 721 g/mol. The first-order chi connectivity index (χ1) is 25.5. The predicted molar refractivity (Wildman–Crippen MR) is 191 cm³/mol. The number of carbonyl (C=O) groups excluding carboxylic acids is 4. The number of hydrogen-bond donors (Lipinski definition) is 2. The number of nitriles is 1. The third-order valence-corrected chi connectivity index (χ3v) is 9.66. The Hall–Kier alpha value is -5.87. The van der Waals surface area contributed by atoms with Crippen LogP contribution in [0.3, 0.4) is 0 Å². The van der Waals surface area contributed by atoms with Crippen molar-refractivity contribution in [3.05, 3.63) is 130 Å². The standard InChI is InChI=1S/C23H26N2O2.C18H14O8/c1-25-12-9-16-13-20(26-2)21(27-3)14-18(16)22(25)23(10-6-11-23)19-8-5-4-7-17(19)15-24;19-13(17(23)25-15(21)11-7-3-1-4-8-11)14(20)18(24)26-16(22)12-9-5-2-6-10-12/h4-5,7-8,13-14,22H,6,9-12H2,1-3H3;1-10,13-14,19-20H. The maximum Gasteiger partial charge on any atom is 0.346 e. The van der Waals surface area contributed by atoms with Crippen LogP contribution in [-0.2, 0) is 30.9 Å². The van der Waals surface area contributed by atoms with Crippen molar-refractivity contribution < 1.29 is 48.3 Å². The van der Waals surface area contributed by atoms with Crippen molar-refractivity contribution in [2.24, 2.45) is 0 Å². The van der Waals surface area contributed by atoms with Crippen molar-refractivity contribution in [3.63, 3.8) is 0 Å². The van der Waals surface area contributed by atoms with Crippen LogP contribution in [-0.4, -0.2) is 79.0 Å². The number of aliphatic hydroxyl groups excluding tert-OH is 2. The number of nitrogens with zero attached hydrogens (tertiary/aromatic N) is 2. The Balaban J connectivity index is 0.000000205. The second-order valence-electron chi connectivity index (χ2n) is 12.7. The number of methoxy groups -OCH3 is 2. The van der Waals surface area contributed by atoms with Gasteiger partial charge in [-0.1, -0.05) is 61.0 Å². The van der Waals surface area contributed by atoms with Gasteiger partial charge in [0.25, 0.3) is 0 Å². The molecule has 1 aliphatic carbocycles. The molecule has 0 saturated heterocycles. The van der Waals surface area contributed by atoms with E-state index in [1.54, 1.807) is 26.4 Å². The highest BCUT2D eigenvalue weighted by Gasteiger charge is 2.50. The predicted octanol–water partition coefficient (Wildman–Crippen LogP) is 4.70. The molecule has 3 unspecified atom stereocenters. The van der Waals surface area contributed by atoms with E-state index < -0.39 is 36.1 Å². The number of fused-ring (bicyclic) bond motifs is 1. The highest BCUT2D eigenvalue weighted by atomic mass is 16.6. The van der Waals surface area contributed by atoms with Gasteiger partial charge < -0.3 is 29.2 Å². The smallest absolute Gasteiger partial charge is 0.346 e. The maximum absolute atomic E-state index is 11.7. The number of likely N-dealkylation sites (N-methyl/N-ethyl adjacent to an activating group) is 1. The Morgan fingerprint density at radius 2 is 1.26 bits per heavy atom. The molecule has 0 bridgehead atoms. The summed E-state index contributed by atoms with van der Waals surface area (Å²) in [5.74, 6) is -3.70. The molecule has 12 heteroatoms. The molecule has 4 aromatic carbocycles. The minimum atomic E-state index is -2.40. The zero-order valence-electron chi connectivity index (χ0n) is 29.6. The second kappa shape index (κ2) is 17.1. The van der Waals surface area contributed by atoms with Gasteiger partial charge in [-0.25, -0.2) is 19.2 Å². The van der Waals surface area contributed by atoms with Crippen molar-refractivity contribution >= 4 is 23.9 Å². The number of benzene rings is 4. The summed E-state index contributed by atoms with van der Waals surface area (Å²) in [6.07, 6.45) is -0.397. The quantitative estimate of drug-likeness (QED) is 0.181. The molecular formula is C41H40N2O10. The van der Waals surface area contributed by atoms with E-state index in [2.05, 4.69) is 51.8 Å². The van der Waals surface area contributed by atoms with E-state index in [0.717, 1.165) is 42.9 Å². The molecule has 274 valence electrons. The molecule has 0 spiro atoms. The van der Waals surface area contributed by atoms with Gasteiger partial charge in [0.2, 0.25) is 0 Å². The van der Waals surface area contributed by atoms with Crippen molar-refractivity contribution in [1.29, 1.82) is 5.26 Å². The summed E-state index contributed by atoms with van der Waals surface area (Å²) in [6, 6.07) is 29.9. The van der Waals surface area contributed by atoms with E-state index >= 15 is 0 Å². The number of hydrogen-bond acceptors (Lipinski definition) is 12. The van der Waals surface area contributed by atoms with Crippen LogP contribution >= 0.6 is 0 Å². The Bertz CT molecular complexity index is 1920.